The van der Waals surface area contributed by atoms with Gasteiger partial charge in [0.15, 0.2) is 0 Å². The van der Waals surface area contributed by atoms with Crippen molar-refractivity contribution in [1.29, 1.82) is 0 Å². The maximum Gasteiger partial charge on any atom is 0.241 e. The normalized spacial score (nSPS) is 17.8. The molecular formula is C25H24N2O3S. The second-order valence-corrected chi connectivity index (χ2v) is 9.92. The van der Waals surface area contributed by atoms with Crippen LogP contribution in [0, 0.1) is 0 Å². The fourth-order valence-electron chi connectivity index (χ4n) is 4.66. The van der Waals surface area contributed by atoms with Gasteiger partial charge >= 0.3 is 0 Å². The number of carbonyl (C=O) groups excluding carboxylic acids is 1. The molecule has 1 unspecified atom stereocenters. The van der Waals surface area contributed by atoms with E-state index in [2.05, 4.69) is 4.72 Å². The summed E-state index contributed by atoms with van der Waals surface area (Å²) in [5.41, 5.74) is 4.42. The van der Waals surface area contributed by atoms with Gasteiger partial charge in [-0.25, -0.2) is 8.42 Å². The lowest BCUT2D eigenvalue weighted by Gasteiger charge is -2.26. The number of hydrogen-bond donors (Lipinski definition) is 1. The maximum absolute atomic E-state index is 13.5. The molecule has 0 aromatic heterocycles. The number of anilines is 1. The van der Waals surface area contributed by atoms with Gasteiger partial charge in [0.05, 0.1) is 22.5 Å². The largest absolute Gasteiger partial charge is 0.311 e. The topological polar surface area (TPSA) is 66.5 Å². The number of amides is 1. The van der Waals surface area contributed by atoms with Gasteiger partial charge in [0.25, 0.3) is 0 Å². The molecule has 6 heteroatoms. The van der Waals surface area contributed by atoms with Crippen LogP contribution in [0.3, 0.4) is 0 Å². The lowest BCUT2D eigenvalue weighted by molar-refractivity contribution is -0.119. The Kier molecular flexibility index (Phi) is 4.91. The minimum atomic E-state index is -3.82. The molecule has 158 valence electrons. The fraction of sp³-hybridized carbons (Fsp3) is 0.240. The van der Waals surface area contributed by atoms with Crippen molar-refractivity contribution < 1.29 is 13.2 Å². The highest BCUT2D eigenvalue weighted by Gasteiger charge is 2.39. The van der Waals surface area contributed by atoms with Gasteiger partial charge in [-0.05, 0) is 54.2 Å². The number of hydrogen-bond acceptors (Lipinski definition) is 3. The predicted molar refractivity (Wildman–Crippen MR) is 121 cm³/mol. The molecule has 3 aromatic carbocycles. The number of sulfonamides is 1. The van der Waals surface area contributed by atoms with Crippen LogP contribution in [-0.4, -0.2) is 20.9 Å². The maximum atomic E-state index is 13.5. The van der Waals surface area contributed by atoms with Crippen LogP contribution in [0.15, 0.2) is 77.7 Å². The summed E-state index contributed by atoms with van der Waals surface area (Å²) in [6.07, 6.45) is 1.63. The molecule has 31 heavy (non-hydrogen) atoms. The monoisotopic (exact) mass is 432 g/mol. The van der Waals surface area contributed by atoms with Crippen LogP contribution in [-0.2, 0) is 21.2 Å². The number of nitrogens with one attached hydrogen (secondary N) is 1. The van der Waals surface area contributed by atoms with Crippen LogP contribution >= 0.6 is 0 Å². The van der Waals surface area contributed by atoms with Crippen molar-refractivity contribution in [2.24, 2.45) is 0 Å². The molecule has 2 aliphatic heterocycles. The van der Waals surface area contributed by atoms with Crippen LogP contribution in [0.4, 0.5) is 5.69 Å². The van der Waals surface area contributed by atoms with Crippen molar-refractivity contribution in [1.82, 2.24) is 4.72 Å². The van der Waals surface area contributed by atoms with Gasteiger partial charge < -0.3 is 4.90 Å². The average Bonchev–Trinajstić information content (AvgIpc) is 3.05. The molecule has 0 fully saturated rings. The first-order chi connectivity index (χ1) is 15.0. The van der Waals surface area contributed by atoms with E-state index in [1.165, 1.54) is 0 Å². The Morgan fingerprint density at radius 2 is 1.58 bits per heavy atom. The van der Waals surface area contributed by atoms with Crippen molar-refractivity contribution in [3.63, 3.8) is 0 Å². The third kappa shape index (κ3) is 3.46. The Morgan fingerprint density at radius 1 is 0.968 bits per heavy atom. The first kappa shape index (κ1) is 20.0. The van der Waals surface area contributed by atoms with E-state index in [4.69, 9.17) is 0 Å². The molecule has 0 spiro atoms. The van der Waals surface area contributed by atoms with Gasteiger partial charge in [0, 0.05) is 6.54 Å². The molecule has 5 nitrogen and oxygen atoms in total. The average molecular weight is 433 g/mol. The number of benzene rings is 3. The minimum Gasteiger partial charge on any atom is -0.311 e. The molecule has 1 N–H and O–H groups in total. The highest BCUT2D eigenvalue weighted by atomic mass is 32.2. The van der Waals surface area contributed by atoms with E-state index < -0.39 is 16.1 Å². The summed E-state index contributed by atoms with van der Waals surface area (Å²) in [7, 11) is -3.82. The standard InChI is InChI=1S/C25H24N2O3S/c1-17-22-16-21(15-20-13-8-14-27(24(20)22)25(17)28)31(29,30)26-23(18-9-4-2-5-10-18)19-11-6-3-7-12-19/h2-7,9-12,15-17,23,26H,8,13-14H2,1H3. The van der Waals surface area contributed by atoms with Crippen LogP contribution in [0.5, 0.6) is 0 Å². The Hall–Kier alpha value is -2.96. The first-order valence-electron chi connectivity index (χ1n) is 10.6. The number of aryl methyl sites for hydroxylation is 1. The Morgan fingerprint density at radius 3 is 2.19 bits per heavy atom. The summed E-state index contributed by atoms with van der Waals surface area (Å²) in [5.74, 6) is -0.258. The molecule has 2 aliphatic rings. The fourth-order valence-corrected chi connectivity index (χ4v) is 5.96. The van der Waals surface area contributed by atoms with Gasteiger partial charge in [-0.15, -0.1) is 0 Å². The molecule has 5 rings (SSSR count). The zero-order valence-electron chi connectivity index (χ0n) is 17.3. The third-order valence-corrected chi connectivity index (χ3v) is 7.64. The molecule has 0 aliphatic carbocycles. The second-order valence-electron chi connectivity index (χ2n) is 8.21. The number of rotatable bonds is 5. The van der Waals surface area contributed by atoms with Crippen LogP contribution in [0.25, 0.3) is 0 Å². The van der Waals surface area contributed by atoms with Crippen molar-refractivity contribution in [3.05, 3.63) is 95.1 Å². The van der Waals surface area contributed by atoms with Crippen molar-refractivity contribution in [3.8, 4) is 0 Å². The second kappa shape index (κ2) is 7.62. The van der Waals surface area contributed by atoms with Crippen molar-refractivity contribution in [2.45, 2.75) is 36.6 Å². The lowest BCUT2D eigenvalue weighted by Crippen LogP contribution is -2.32. The SMILES string of the molecule is CC1C(=O)N2CCCc3cc(S(=O)(=O)NC(c4ccccc4)c4ccccc4)cc1c32. The zero-order chi connectivity index (χ0) is 21.6. The van der Waals surface area contributed by atoms with E-state index >= 15 is 0 Å². The molecule has 3 aromatic rings. The molecule has 0 saturated heterocycles. The third-order valence-electron chi connectivity index (χ3n) is 6.24. The van der Waals surface area contributed by atoms with Gasteiger partial charge in [0.1, 0.15) is 0 Å². The van der Waals surface area contributed by atoms with Gasteiger partial charge in [0.2, 0.25) is 15.9 Å². The summed E-state index contributed by atoms with van der Waals surface area (Å²) in [4.78, 5) is 14.7. The molecular weight excluding hydrogens is 408 g/mol. The van der Waals surface area contributed by atoms with E-state index in [-0.39, 0.29) is 16.7 Å². The highest BCUT2D eigenvalue weighted by molar-refractivity contribution is 7.89. The van der Waals surface area contributed by atoms with Crippen molar-refractivity contribution in [2.75, 3.05) is 11.4 Å². The molecule has 1 atom stereocenters. The quantitative estimate of drug-likeness (QED) is 0.659. The highest BCUT2D eigenvalue weighted by Crippen LogP contribution is 2.44. The first-order valence-corrected chi connectivity index (χ1v) is 12.0. The summed E-state index contributed by atoms with van der Waals surface area (Å²) in [5, 5.41) is 0. The zero-order valence-corrected chi connectivity index (χ0v) is 18.1. The predicted octanol–water partition coefficient (Wildman–Crippen LogP) is 4.15. The van der Waals surface area contributed by atoms with Crippen LogP contribution < -0.4 is 9.62 Å². The van der Waals surface area contributed by atoms with E-state index in [1.54, 1.807) is 12.1 Å². The number of carbonyl (C=O) groups is 1. The van der Waals surface area contributed by atoms with Gasteiger partial charge in [-0.3, -0.25) is 4.79 Å². The molecule has 0 bridgehead atoms. The van der Waals surface area contributed by atoms with Crippen molar-refractivity contribution >= 4 is 21.6 Å². The van der Waals surface area contributed by atoms with E-state index in [1.807, 2.05) is 72.5 Å². The molecule has 0 radical (unpaired) electrons. The van der Waals surface area contributed by atoms with Gasteiger partial charge in [-0.1, -0.05) is 60.7 Å². The lowest BCUT2D eigenvalue weighted by atomic mass is 9.97. The van der Waals surface area contributed by atoms with Crippen LogP contribution in [0.2, 0.25) is 0 Å². The Labute approximate surface area is 182 Å². The molecule has 0 saturated carbocycles. The Balaban J connectivity index is 1.57. The van der Waals surface area contributed by atoms with E-state index in [9.17, 15) is 13.2 Å². The number of nitrogens with zero attached hydrogens (tertiary/aromatic N) is 1. The smallest absolute Gasteiger partial charge is 0.241 e. The minimum absolute atomic E-state index is 0.0601. The van der Waals surface area contributed by atoms with E-state index in [0.29, 0.717) is 6.54 Å². The summed E-state index contributed by atoms with van der Waals surface area (Å²) in [6, 6.07) is 22.0. The van der Waals surface area contributed by atoms with Gasteiger partial charge in [-0.2, -0.15) is 4.72 Å². The van der Waals surface area contributed by atoms with E-state index in [0.717, 1.165) is 40.8 Å². The Bertz CT molecular complexity index is 1200. The molecule has 1 amide bonds. The summed E-state index contributed by atoms with van der Waals surface area (Å²) in [6.45, 7) is 2.56. The van der Waals surface area contributed by atoms with Crippen LogP contribution in [0.1, 0.15) is 47.6 Å². The summed E-state index contributed by atoms with van der Waals surface area (Å²) >= 11 is 0. The molecule has 2 heterocycles. The summed E-state index contributed by atoms with van der Waals surface area (Å²) < 4.78 is 30.0.